The number of nitrogens with zero attached hydrogens (tertiary/aromatic N) is 2. The predicted octanol–water partition coefficient (Wildman–Crippen LogP) is 2.15. The molecule has 10 heteroatoms. The van der Waals surface area contributed by atoms with E-state index < -0.39 is 23.7 Å². The highest BCUT2D eigenvalue weighted by molar-refractivity contribution is 9.10. The lowest BCUT2D eigenvalue weighted by atomic mass is 10.1. The molecule has 0 spiro atoms. The molecule has 8 nitrogen and oxygen atoms in total. The quantitative estimate of drug-likeness (QED) is 0.568. The monoisotopic (exact) mass is 475 g/mol. The minimum Gasteiger partial charge on any atom is -0.368 e. The number of amides is 3. The van der Waals surface area contributed by atoms with E-state index in [9.17, 15) is 18.8 Å². The fourth-order valence-corrected chi connectivity index (χ4v) is 3.11. The van der Waals surface area contributed by atoms with E-state index in [1.165, 1.54) is 29.3 Å². The summed E-state index contributed by atoms with van der Waals surface area (Å²) in [5.74, 6) is -1.84. The number of hydrogen-bond acceptors (Lipinski definition) is 5. The van der Waals surface area contributed by atoms with E-state index in [-0.39, 0.29) is 31.0 Å². The Kier molecular flexibility index (Phi) is 6.78. The minimum absolute atomic E-state index is 0.0175. The summed E-state index contributed by atoms with van der Waals surface area (Å²) < 4.78 is 14.0. The summed E-state index contributed by atoms with van der Waals surface area (Å²) in [5, 5.41) is 10.8. The average Bonchev–Trinajstić information content (AvgIpc) is 3.16. The normalized spacial score (nSPS) is 15.5. The van der Waals surface area contributed by atoms with Crippen LogP contribution in [0.5, 0.6) is 0 Å². The molecule has 1 aliphatic rings. The van der Waals surface area contributed by atoms with Crippen molar-refractivity contribution in [3.05, 3.63) is 58.8 Å². The van der Waals surface area contributed by atoms with Gasteiger partial charge in [0.1, 0.15) is 17.6 Å². The Balaban J connectivity index is 1.55. The van der Waals surface area contributed by atoms with Crippen LogP contribution < -0.4 is 21.4 Å². The predicted molar refractivity (Wildman–Crippen MR) is 114 cm³/mol. The Morgan fingerprint density at radius 1 is 1.13 bits per heavy atom. The largest absolute Gasteiger partial charge is 0.368 e. The topological polar surface area (TPSA) is 117 Å². The molecular weight excluding hydrogens is 457 g/mol. The SMILES string of the molecule is NC(=O)C1CC(C(=O)NCCC(=O)Nc2ccc(Br)cc2)=NN1c1ccc(F)cc1. The second kappa shape index (κ2) is 9.49. The summed E-state index contributed by atoms with van der Waals surface area (Å²) in [6, 6.07) is 11.6. The first kappa shape index (κ1) is 21.4. The molecule has 1 heterocycles. The first-order valence-corrected chi connectivity index (χ1v) is 9.88. The van der Waals surface area contributed by atoms with E-state index in [1.807, 2.05) is 0 Å². The van der Waals surface area contributed by atoms with Gasteiger partial charge in [-0.15, -0.1) is 0 Å². The first-order valence-electron chi connectivity index (χ1n) is 9.08. The van der Waals surface area contributed by atoms with Crippen LogP contribution in [0.15, 0.2) is 58.1 Å². The van der Waals surface area contributed by atoms with Gasteiger partial charge in [-0.2, -0.15) is 5.10 Å². The van der Waals surface area contributed by atoms with Crippen molar-refractivity contribution in [3.8, 4) is 0 Å². The van der Waals surface area contributed by atoms with Crippen molar-refractivity contribution in [2.24, 2.45) is 10.8 Å². The number of primary amides is 1. The van der Waals surface area contributed by atoms with Gasteiger partial charge in [-0.1, -0.05) is 15.9 Å². The molecule has 0 aliphatic carbocycles. The summed E-state index contributed by atoms with van der Waals surface area (Å²) in [5.41, 5.74) is 6.62. The number of hydrazone groups is 1. The molecular formula is C20H19BrFN5O3. The summed E-state index contributed by atoms with van der Waals surface area (Å²) in [7, 11) is 0. The zero-order valence-electron chi connectivity index (χ0n) is 15.8. The number of halogens is 2. The Hall–Kier alpha value is -3.27. The third kappa shape index (κ3) is 5.41. The summed E-state index contributed by atoms with van der Waals surface area (Å²) in [6.45, 7) is 0.0952. The van der Waals surface area contributed by atoms with Crippen LogP contribution in [0.4, 0.5) is 15.8 Å². The summed E-state index contributed by atoms with van der Waals surface area (Å²) >= 11 is 3.32. The lowest BCUT2D eigenvalue weighted by Crippen LogP contribution is -2.40. The first-order chi connectivity index (χ1) is 14.3. The van der Waals surface area contributed by atoms with Crippen molar-refractivity contribution in [3.63, 3.8) is 0 Å². The van der Waals surface area contributed by atoms with E-state index in [0.717, 1.165) is 4.47 Å². The number of carbonyl (C=O) groups is 3. The smallest absolute Gasteiger partial charge is 0.267 e. The number of rotatable bonds is 7. The van der Waals surface area contributed by atoms with Crippen LogP contribution in [0.1, 0.15) is 12.8 Å². The zero-order chi connectivity index (χ0) is 21.7. The van der Waals surface area contributed by atoms with Gasteiger partial charge in [-0.3, -0.25) is 19.4 Å². The second-order valence-corrected chi connectivity index (χ2v) is 7.47. The maximum Gasteiger partial charge on any atom is 0.267 e. The number of nitrogens with two attached hydrogens (primary N) is 1. The minimum atomic E-state index is -0.850. The van der Waals surface area contributed by atoms with Gasteiger partial charge in [0, 0.05) is 29.5 Å². The highest BCUT2D eigenvalue weighted by Crippen LogP contribution is 2.25. The van der Waals surface area contributed by atoms with Gasteiger partial charge in [0.05, 0.1) is 5.69 Å². The van der Waals surface area contributed by atoms with Crippen LogP contribution in [-0.2, 0) is 14.4 Å². The molecule has 156 valence electrons. The van der Waals surface area contributed by atoms with Crippen LogP contribution in [0.2, 0.25) is 0 Å². The van der Waals surface area contributed by atoms with Gasteiger partial charge < -0.3 is 16.4 Å². The highest BCUT2D eigenvalue weighted by atomic mass is 79.9. The third-order valence-corrected chi connectivity index (χ3v) is 4.89. The Morgan fingerprint density at radius 3 is 2.43 bits per heavy atom. The lowest BCUT2D eigenvalue weighted by molar-refractivity contribution is -0.119. The molecule has 0 saturated carbocycles. The van der Waals surface area contributed by atoms with Gasteiger partial charge in [0.2, 0.25) is 11.8 Å². The summed E-state index contributed by atoms with van der Waals surface area (Å²) in [6.07, 6.45) is 0.0830. The molecule has 4 N–H and O–H groups in total. The number of hydrogen-bond donors (Lipinski definition) is 3. The van der Waals surface area contributed by atoms with E-state index in [1.54, 1.807) is 24.3 Å². The van der Waals surface area contributed by atoms with Crippen LogP contribution in [0, 0.1) is 5.82 Å². The van der Waals surface area contributed by atoms with Crippen LogP contribution in [0.3, 0.4) is 0 Å². The van der Waals surface area contributed by atoms with Gasteiger partial charge >= 0.3 is 0 Å². The molecule has 0 fully saturated rings. The third-order valence-electron chi connectivity index (χ3n) is 4.36. The Labute approximate surface area is 180 Å². The van der Waals surface area contributed by atoms with Crippen molar-refractivity contribution in [1.82, 2.24) is 5.32 Å². The molecule has 0 bridgehead atoms. The van der Waals surface area contributed by atoms with E-state index in [4.69, 9.17) is 5.73 Å². The van der Waals surface area contributed by atoms with Crippen LogP contribution >= 0.6 is 15.9 Å². The van der Waals surface area contributed by atoms with Crippen LogP contribution in [0.25, 0.3) is 0 Å². The number of anilines is 2. The fraction of sp³-hybridized carbons (Fsp3) is 0.200. The molecule has 0 aromatic heterocycles. The highest BCUT2D eigenvalue weighted by Gasteiger charge is 2.34. The Morgan fingerprint density at radius 2 is 1.80 bits per heavy atom. The van der Waals surface area contributed by atoms with Gasteiger partial charge in [-0.25, -0.2) is 4.39 Å². The standard InChI is InChI=1S/C20H19BrFN5O3/c21-12-1-5-14(6-2-12)25-18(28)9-10-24-20(30)16-11-17(19(23)29)27(26-16)15-7-3-13(22)4-8-15/h1-8,17H,9-11H2,(H2,23,29)(H,24,30)(H,25,28). The average molecular weight is 476 g/mol. The van der Waals surface area contributed by atoms with E-state index in [2.05, 4.69) is 31.7 Å². The maximum atomic E-state index is 13.1. The van der Waals surface area contributed by atoms with Gasteiger partial charge in [0.15, 0.2) is 0 Å². The van der Waals surface area contributed by atoms with Crippen molar-refractivity contribution in [1.29, 1.82) is 0 Å². The molecule has 1 atom stereocenters. The number of benzene rings is 2. The molecule has 1 aliphatic heterocycles. The Bertz CT molecular complexity index is 979. The van der Waals surface area contributed by atoms with Crippen molar-refractivity contribution in [2.45, 2.75) is 18.9 Å². The van der Waals surface area contributed by atoms with Crippen molar-refractivity contribution >= 4 is 50.7 Å². The number of carbonyl (C=O) groups excluding carboxylic acids is 3. The molecule has 2 aromatic rings. The van der Waals surface area contributed by atoms with E-state index >= 15 is 0 Å². The second-order valence-electron chi connectivity index (χ2n) is 6.55. The maximum absolute atomic E-state index is 13.1. The molecule has 1 unspecified atom stereocenters. The van der Waals surface area contributed by atoms with Gasteiger partial charge in [-0.05, 0) is 48.5 Å². The molecule has 3 rings (SSSR count). The zero-order valence-corrected chi connectivity index (χ0v) is 17.4. The van der Waals surface area contributed by atoms with E-state index in [0.29, 0.717) is 11.4 Å². The number of nitrogens with one attached hydrogen (secondary N) is 2. The fourth-order valence-electron chi connectivity index (χ4n) is 2.85. The van der Waals surface area contributed by atoms with Crippen LogP contribution in [-0.4, -0.2) is 36.0 Å². The molecule has 0 radical (unpaired) electrons. The molecule has 2 aromatic carbocycles. The summed E-state index contributed by atoms with van der Waals surface area (Å²) in [4.78, 5) is 36.2. The van der Waals surface area contributed by atoms with Gasteiger partial charge in [0.25, 0.3) is 5.91 Å². The molecule has 0 saturated heterocycles. The van der Waals surface area contributed by atoms with Crippen molar-refractivity contribution < 1.29 is 18.8 Å². The molecule has 3 amide bonds. The lowest BCUT2D eigenvalue weighted by Gasteiger charge is -2.20. The molecule has 30 heavy (non-hydrogen) atoms. The van der Waals surface area contributed by atoms with Crippen molar-refractivity contribution in [2.75, 3.05) is 16.9 Å².